The summed E-state index contributed by atoms with van der Waals surface area (Å²) < 4.78 is 22.6. The van der Waals surface area contributed by atoms with Crippen LogP contribution in [0.25, 0.3) is 0 Å². The summed E-state index contributed by atoms with van der Waals surface area (Å²) >= 11 is 0. The number of carboxylic acids is 1. The molecule has 346 valence electrons. The lowest BCUT2D eigenvalue weighted by Gasteiger charge is -2.25. The first-order valence-corrected chi connectivity index (χ1v) is 24.0. The summed E-state index contributed by atoms with van der Waals surface area (Å²) in [7, 11) is 5.93. The van der Waals surface area contributed by atoms with Crippen molar-refractivity contribution in [1.82, 2.24) is 0 Å². The van der Waals surface area contributed by atoms with Crippen molar-refractivity contribution >= 4 is 17.9 Å². The van der Waals surface area contributed by atoms with Crippen LogP contribution in [0.15, 0.2) is 60.8 Å². The van der Waals surface area contributed by atoms with Crippen LogP contribution in [0.1, 0.15) is 187 Å². The number of ether oxygens (including phenoxy) is 4. The number of carbonyl (C=O) groups excluding carboxylic acids is 2. The second-order valence-corrected chi connectivity index (χ2v) is 17.1. The maximum Gasteiger partial charge on any atom is 0.361 e. The zero-order chi connectivity index (χ0) is 44.2. The summed E-state index contributed by atoms with van der Waals surface area (Å²) in [5, 5.41) is 9.64. The number of esters is 2. The van der Waals surface area contributed by atoms with Crippen LogP contribution in [0.2, 0.25) is 0 Å². The Bertz CT molecular complexity index is 1170. The van der Waals surface area contributed by atoms with E-state index in [0.29, 0.717) is 17.4 Å². The highest BCUT2D eigenvalue weighted by atomic mass is 16.7. The number of unbranched alkanes of at least 4 members (excludes halogenated alkanes) is 19. The highest BCUT2D eigenvalue weighted by Gasteiger charge is 2.25. The van der Waals surface area contributed by atoms with Crippen molar-refractivity contribution in [1.29, 1.82) is 0 Å². The van der Waals surface area contributed by atoms with Crippen molar-refractivity contribution < 1.29 is 42.9 Å². The van der Waals surface area contributed by atoms with Gasteiger partial charge >= 0.3 is 17.9 Å². The van der Waals surface area contributed by atoms with Gasteiger partial charge in [0.15, 0.2) is 6.10 Å². The highest BCUT2D eigenvalue weighted by Crippen LogP contribution is 2.15. The number of likely N-dealkylation sites (N-methyl/N-ethyl adjacent to an activating group) is 1. The quantitative estimate of drug-likeness (QED) is 0.0212. The van der Waals surface area contributed by atoms with E-state index in [2.05, 4.69) is 56.4 Å². The van der Waals surface area contributed by atoms with Crippen LogP contribution in [0, 0.1) is 0 Å². The van der Waals surface area contributed by atoms with Gasteiger partial charge in [-0.15, -0.1) is 0 Å². The van der Waals surface area contributed by atoms with Crippen molar-refractivity contribution in [2.75, 3.05) is 47.5 Å². The molecule has 9 nitrogen and oxygen atoms in total. The predicted octanol–water partition coefficient (Wildman–Crippen LogP) is 12.9. The molecule has 0 aromatic rings. The lowest BCUT2D eigenvalue weighted by Crippen LogP contribution is -2.40. The van der Waals surface area contributed by atoms with Crippen LogP contribution in [-0.4, -0.2) is 87.4 Å². The van der Waals surface area contributed by atoms with Gasteiger partial charge in [-0.05, 0) is 38.5 Å². The van der Waals surface area contributed by atoms with Crippen molar-refractivity contribution in [3.63, 3.8) is 0 Å². The number of rotatable bonds is 43. The molecular weight excluding hydrogens is 755 g/mol. The van der Waals surface area contributed by atoms with E-state index in [9.17, 15) is 19.5 Å². The number of quaternary nitrogens is 1. The molecule has 0 aromatic heterocycles. The number of allylic oxidation sites excluding steroid dienone is 9. The zero-order valence-electron chi connectivity index (χ0n) is 39.1. The Morgan fingerprint density at radius 1 is 0.517 bits per heavy atom. The lowest BCUT2D eigenvalue weighted by molar-refractivity contribution is -0.870. The largest absolute Gasteiger partial charge is 0.477 e. The molecule has 0 saturated carbocycles. The SMILES string of the molecule is CC/C=C\C/C=C\C/C=C\C/C=C\C/C=C\CC(=O)OC(COC(=O)CCCCCCCCCCCCCCCCCCCCCC)COC(OCC[N+](C)(C)C)C(=O)O. The molecule has 2 atom stereocenters. The fourth-order valence-corrected chi connectivity index (χ4v) is 6.38. The van der Waals surface area contributed by atoms with Crippen LogP contribution in [0.3, 0.4) is 0 Å². The fourth-order valence-electron chi connectivity index (χ4n) is 6.38. The zero-order valence-corrected chi connectivity index (χ0v) is 39.1. The van der Waals surface area contributed by atoms with Crippen molar-refractivity contribution in [3.05, 3.63) is 60.8 Å². The third-order valence-electron chi connectivity index (χ3n) is 10.1. The molecule has 0 aliphatic rings. The van der Waals surface area contributed by atoms with Gasteiger partial charge in [-0.3, -0.25) is 9.59 Å². The third kappa shape index (κ3) is 43.1. The minimum Gasteiger partial charge on any atom is -0.477 e. The molecule has 2 unspecified atom stereocenters. The molecular formula is C51H90NO8+. The molecule has 0 saturated heterocycles. The Hall–Kier alpha value is -3.01. The van der Waals surface area contributed by atoms with E-state index in [-0.39, 0.29) is 38.6 Å². The van der Waals surface area contributed by atoms with Gasteiger partial charge in [0.05, 0.1) is 40.8 Å². The average molecular weight is 845 g/mol. The first-order valence-electron chi connectivity index (χ1n) is 24.0. The fraction of sp³-hybridized carbons (Fsp3) is 0.745. The Morgan fingerprint density at radius 2 is 0.933 bits per heavy atom. The topological polar surface area (TPSA) is 108 Å². The third-order valence-corrected chi connectivity index (χ3v) is 10.1. The number of carbonyl (C=O) groups is 3. The Kier molecular flexibility index (Phi) is 40.5. The lowest BCUT2D eigenvalue weighted by atomic mass is 10.0. The molecule has 1 N–H and O–H groups in total. The molecule has 0 amide bonds. The molecule has 0 spiro atoms. The van der Waals surface area contributed by atoms with Gasteiger partial charge in [-0.1, -0.05) is 197 Å². The molecule has 0 heterocycles. The van der Waals surface area contributed by atoms with Gasteiger partial charge in [0.25, 0.3) is 6.29 Å². The molecule has 0 bridgehead atoms. The molecule has 0 aliphatic carbocycles. The monoisotopic (exact) mass is 845 g/mol. The summed E-state index contributed by atoms with van der Waals surface area (Å²) in [6, 6.07) is 0. The summed E-state index contributed by atoms with van der Waals surface area (Å²) in [5.74, 6) is -2.17. The molecule has 0 rings (SSSR count). The number of hydrogen-bond donors (Lipinski definition) is 1. The van der Waals surface area contributed by atoms with E-state index < -0.39 is 24.3 Å². The van der Waals surface area contributed by atoms with E-state index in [1.807, 2.05) is 33.3 Å². The molecule has 60 heavy (non-hydrogen) atoms. The minimum atomic E-state index is -1.53. The summed E-state index contributed by atoms with van der Waals surface area (Å²) in [6.45, 7) is 4.65. The van der Waals surface area contributed by atoms with E-state index in [0.717, 1.165) is 44.9 Å². The van der Waals surface area contributed by atoms with Gasteiger partial charge in [-0.2, -0.15) is 0 Å². The van der Waals surface area contributed by atoms with E-state index in [4.69, 9.17) is 18.9 Å². The Labute approximate surface area is 367 Å². The van der Waals surface area contributed by atoms with Crippen LogP contribution in [0.5, 0.6) is 0 Å². The average Bonchev–Trinajstić information content (AvgIpc) is 3.21. The van der Waals surface area contributed by atoms with Gasteiger partial charge in [0.1, 0.15) is 13.2 Å². The molecule has 0 fully saturated rings. The van der Waals surface area contributed by atoms with Crippen LogP contribution < -0.4 is 0 Å². The smallest absolute Gasteiger partial charge is 0.361 e. The van der Waals surface area contributed by atoms with Crippen molar-refractivity contribution in [2.45, 2.75) is 200 Å². The van der Waals surface area contributed by atoms with Gasteiger partial charge in [0.2, 0.25) is 0 Å². The first kappa shape index (κ1) is 57.0. The molecule has 0 aromatic carbocycles. The number of aliphatic carboxylic acids is 1. The normalized spacial score (nSPS) is 13.4. The second-order valence-electron chi connectivity index (χ2n) is 17.1. The number of carboxylic acid groups (broad SMARTS) is 1. The molecule has 0 aliphatic heterocycles. The van der Waals surface area contributed by atoms with Crippen molar-refractivity contribution in [2.24, 2.45) is 0 Å². The van der Waals surface area contributed by atoms with E-state index in [1.54, 1.807) is 6.08 Å². The predicted molar refractivity (Wildman–Crippen MR) is 249 cm³/mol. The van der Waals surface area contributed by atoms with Crippen LogP contribution in [-0.2, 0) is 33.3 Å². The molecule has 9 heteroatoms. The second kappa shape index (κ2) is 42.7. The van der Waals surface area contributed by atoms with Crippen LogP contribution >= 0.6 is 0 Å². The number of hydrogen-bond acceptors (Lipinski definition) is 7. The van der Waals surface area contributed by atoms with E-state index >= 15 is 0 Å². The number of nitrogens with zero attached hydrogens (tertiary/aromatic N) is 1. The highest BCUT2D eigenvalue weighted by molar-refractivity contribution is 5.72. The van der Waals surface area contributed by atoms with Gasteiger partial charge in [-0.25, -0.2) is 4.79 Å². The van der Waals surface area contributed by atoms with Crippen molar-refractivity contribution in [3.8, 4) is 0 Å². The maximum atomic E-state index is 12.7. The van der Waals surface area contributed by atoms with Crippen LogP contribution in [0.4, 0.5) is 0 Å². The standard InChI is InChI=1S/C51H89NO8/c1-6-8-10-12-14-16-18-20-22-23-24-25-26-28-29-31-33-35-37-39-41-48(53)58-45-47(46-59-51(50(55)56)57-44-43-52(3,4)5)60-49(54)42-40-38-36-34-32-30-27-21-19-17-15-13-11-9-7-2/h9,11,15,17,21,27,32,34,38,40,47,51H,6-8,10,12-14,16,18-20,22-26,28-31,33,35-37,39,41-46H2,1-5H3/p+1/b11-9-,17-15-,27-21-,34-32-,40-38-. The van der Waals surface area contributed by atoms with E-state index in [1.165, 1.54) is 109 Å². The summed E-state index contributed by atoms with van der Waals surface area (Å²) in [5.41, 5.74) is 0. The molecule has 0 radical (unpaired) electrons. The minimum absolute atomic E-state index is 0.0275. The summed E-state index contributed by atoms with van der Waals surface area (Å²) in [4.78, 5) is 37.1. The summed E-state index contributed by atoms with van der Waals surface area (Å²) in [6.07, 6.45) is 48.9. The van der Waals surface area contributed by atoms with Gasteiger partial charge < -0.3 is 28.5 Å². The first-order chi connectivity index (χ1) is 29.1. The Balaban J connectivity index is 4.45. The maximum absolute atomic E-state index is 12.7. The Morgan fingerprint density at radius 3 is 1.35 bits per heavy atom. The van der Waals surface area contributed by atoms with Gasteiger partial charge in [0, 0.05) is 6.42 Å².